The molecule has 0 aliphatic rings. The van der Waals surface area contributed by atoms with Gasteiger partial charge in [-0.3, -0.25) is 14.9 Å². The number of nitrogens with two attached hydrogens (primary N) is 1. The molecule has 0 heterocycles. The fourth-order valence-corrected chi connectivity index (χ4v) is 1.74. The minimum Gasteiger partial charge on any atom is -0.484 e. The first-order chi connectivity index (χ1) is 9.29. The molecule has 1 amide bonds. The smallest absolute Gasteiger partial charge is 0.311 e. The summed E-state index contributed by atoms with van der Waals surface area (Å²) in [4.78, 5) is 21.3. The number of anilines is 1. The molecule has 0 aromatic heterocycles. The van der Waals surface area contributed by atoms with E-state index >= 15 is 0 Å². The summed E-state index contributed by atoms with van der Waals surface area (Å²) in [7, 11) is 0. The van der Waals surface area contributed by atoms with Gasteiger partial charge in [0, 0.05) is 30.3 Å². The fourth-order valence-electron chi connectivity index (χ4n) is 1.74. The van der Waals surface area contributed by atoms with Crippen LogP contribution in [0, 0.1) is 10.1 Å². The molecule has 0 saturated heterocycles. The lowest BCUT2D eigenvalue weighted by molar-refractivity contribution is -0.386. The van der Waals surface area contributed by atoms with Crippen molar-refractivity contribution < 1.29 is 14.5 Å². The Morgan fingerprint density at radius 3 is 2.60 bits per heavy atom. The third-order valence-corrected chi connectivity index (χ3v) is 2.44. The Balaban J connectivity index is 2.94. The number of nitrogens with one attached hydrogen (secondary N) is 1. The molecule has 110 valence electrons. The number of hydrogen-bond acceptors (Lipinski definition) is 5. The van der Waals surface area contributed by atoms with Crippen LogP contribution in [-0.2, 0) is 4.79 Å². The topological polar surface area (TPSA) is 107 Å². The largest absolute Gasteiger partial charge is 0.484 e. The molecule has 1 atom stereocenters. The van der Waals surface area contributed by atoms with Gasteiger partial charge in [-0.1, -0.05) is 0 Å². The Morgan fingerprint density at radius 2 is 2.10 bits per heavy atom. The zero-order chi connectivity index (χ0) is 15.3. The average Bonchev–Trinajstić information content (AvgIpc) is 2.26. The molecule has 20 heavy (non-hydrogen) atoms. The highest BCUT2D eigenvalue weighted by atomic mass is 16.6. The van der Waals surface area contributed by atoms with Crippen molar-refractivity contribution in [2.45, 2.75) is 39.3 Å². The number of primary amides is 1. The second kappa shape index (κ2) is 6.74. The number of ether oxygens (including phenoxy) is 1. The minimum atomic E-state index is -0.492. The van der Waals surface area contributed by atoms with Gasteiger partial charge in [-0.2, -0.15) is 0 Å². The van der Waals surface area contributed by atoms with E-state index in [1.54, 1.807) is 32.9 Å². The molecule has 0 radical (unpaired) electrons. The van der Waals surface area contributed by atoms with Crippen LogP contribution in [0.1, 0.15) is 27.2 Å². The number of carbonyl (C=O) groups is 1. The van der Waals surface area contributed by atoms with Crippen LogP contribution in [0.4, 0.5) is 11.4 Å². The Labute approximate surface area is 117 Å². The van der Waals surface area contributed by atoms with Gasteiger partial charge in [0.2, 0.25) is 5.91 Å². The van der Waals surface area contributed by atoms with E-state index in [1.165, 1.54) is 6.07 Å². The lowest BCUT2D eigenvalue weighted by Crippen LogP contribution is -2.24. The minimum absolute atomic E-state index is 0.0909. The summed E-state index contributed by atoms with van der Waals surface area (Å²) in [5.41, 5.74) is 5.66. The number of carbonyl (C=O) groups excluding carboxylic acids is 1. The first-order valence-corrected chi connectivity index (χ1v) is 6.29. The van der Waals surface area contributed by atoms with Crippen molar-refractivity contribution in [1.29, 1.82) is 0 Å². The van der Waals surface area contributed by atoms with E-state index in [0.717, 1.165) is 0 Å². The Morgan fingerprint density at radius 1 is 1.45 bits per heavy atom. The van der Waals surface area contributed by atoms with Crippen LogP contribution in [0.2, 0.25) is 0 Å². The summed E-state index contributed by atoms with van der Waals surface area (Å²) in [6, 6.07) is 4.33. The third-order valence-electron chi connectivity index (χ3n) is 2.44. The van der Waals surface area contributed by atoms with Crippen molar-refractivity contribution in [2.24, 2.45) is 5.73 Å². The van der Waals surface area contributed by atoms with Crippen LogP contribution in [0.5, 0.6) is 5.75 Å². The van der Waals surface area contributed by atoms with Gasteiger partial charge in [0.05, 0.1) is 11.0 Å². The normalized spacial score (nSPS) is 12.0. The second-order valence-electron chi connectivity index (χ2n) is 4.82. The maximum Gasteiger partial charge on any atom is 0.311 e. The molecule has 1 rings (SSSR count). The van der Waals surface area contributed by atoms with Crippen molar-refractivity contribution in [1.82, 2.24) is 0 Å². The molecule has 7 nitrogen and oxygen atoms in total. The lowest BCUT2D eigenvalue weighted by atomic mass is 10.2. The van der Waals surface area contributed by atoms with E-state index in [-0.39, 0.29) is 30.0 Å². The predicted molar refractivity (Wildman–Crippen MR) is 75.8 cm³/mol. The van der Waals surface area contributed by atoms with E-state index in [9.17, 15) is 14.9 Å². The highest BCUT2D eigenvalue weighted by Crippen LogP contribution is 2.31. The Bertz CT molecular complexity index is 502. The summed E-state index contributed by atoms with van der Waals surface area (Å²) in [6.45, 7) is 5.38. The zero-order valence-electron chi connectivity index (χ0n) is 11.8. The van der Waals surface area contributed by atoms with Gasteiger partial charge in [0.15, 0.2) is 5.75 Å². The average molecular weight is 281 g/mol. The molecule has 3 N–H and O–H groups in total. The molecule has 0 spiro atoms. The third kappa shape index (κ3) is 4.75. The molecular formula is C13H19N3O4. The molecule has 7 heteroatoms. The van der Waals surface area contributed by atoms with Crippen LogP contribution >= 0.6 is 0 Å². The maximum absolute atomic E-state index is 10.9. The van der Waals surface area contributed by atoms with E-state index < -0.39 is 10.8 Å². The van der Waals surface area contributed by atoms with Crippen molar-refractivity contribution in [3.05, 3.63) is 28.3 Å². The summed E-state index contributed by atoms with van der Waals surface area (Å²) < 4.78 is 5.44. The first kappa shape index (κ1) is 15.7. The first-order valence-electron chi connectivity index (χ1n) is 6.29. The number of rotatable bonds is 7. The number of nitrogens with zero attached hydrogens (tertiary/aromatic N) is 1. The fraction of sp³-hybridized carbons (Fsp3) is 0.462. The van der Waals surface area contributed by atoms with E-state index in [1.807, 2.05) is 0 Å². The van der Waals surface area contributed by atoms with Gasteiger partial charge >= 0.3 is 5.69 Å². The maximum atomic E-state index is 10.9. The number of nitro benzene ring substituents is 1. The van der Waals surface area contributed by atoms with Crippen LogP contribution < -0.4 is 15.8 Å². The predicted octanol–water partition coefficient (Wildman–Crippen LogP) is 2.06. The molecule has 0 aliphatic carbocycles. The summed E-state index contributed by atoms with van der Waals surface area (Å²) >= 11 is 0. The number of hydrogen-bond donors (Lipinski definition) is 2. The van der Waals surface area contributed by atoms with Crippen molar-refractivity contribution in [2.75, 3.05) is 5.32 Å². The van der Waals surface area contributed by atoms with Gasteiger partial charge < -0.3 is 15.8 Å². The van der Waals surface area contributed by atoms with E-state index in [4.69, 9.17) is 10.5 Å². The van der Waals surface area contributed by atoms with Crippen LogP contribution in [0.3, 0.4) is 0 Å². The van der Waals surface area contributed by atoms with Crippen LogP contribution in [0.25, 0.3) is 0 Å². The number of benzene rings is 1. The zero-order valence-corrected chi connectivity index (χ0v) is 11.8. The summed E-state index contributed by atoms with van der Waals surface area (Å²) in [5.74, 6) is -0.216. The lowest BCUT2D eigenvalue weighted by Gasteiger charge is -2.15. The number of nitro groups is 1. The van der Waals surface area contributed by atoms with E-state index in [0.29, 0.717) is 5.69 Å². The summed E-state index contributed by atoms with van der Waals surface area (Å²) in [5, 5.41) is 14.0. The van der Waals surface area contributed by atoms with Gasteiger partial charge in [0.25, 0.3) is 0 Å². The highest BCUT2D eigenvalue weighted by Gasteiger charge is 2.17. The molecule has 1 aromatic carbocycles. The Hall–Kier alpha value is -2.31. The van der Waals surface area contributed by atoms with Crippen LogP contribution in [0.15, 0.2) is 18.2 Å². The van der Waals surface area contributed by atoms with Crippen molar-refractivity contribution >= 4 is 17.3 Å². The van der Waals surface area contributed by atoms with Gasteiger partial charge in [-0.05, 0) is 26.8 Å². The Kier molecular flexibility index (Phi) is 5.31. The standard InChI is InChI=1S/C13H19N3O4/c1-8(2)20-12-7-10(4-5-11(12)16(18)19)15-9(3)6-13(14)17/h4-5,7-9,15H,6H2,1-3H3,(H2,14,17). The SMILES string of the molecule is CC(CC(N)=O)Nc1ccc([N+](=O)[O-])c(OC(C)C)c1. The molecular weight excluding hydrogens is 262 g/mol. The summed E-state index contributed by atoms with van der Waals surface area (Å²) in [6.07, 6.45) is 0.00385. The molecule has 0 saturated carbocycles. The van der Waals surface area contributed by atoms with Gasteiger partial charge in [0.1, 0.15) is 0 Å². The monoisotopic (exact) mass is 281 g/mol. The molecule has 1 unspecified atom stereocenters. The van der Waals surface area contributed by atoms with Gasteiger partial charge in [-0.25, -0.2) is 0 Å². The quantitative estimate of drug-likeness (QED) is 0.587. The van der Waals surface area contributed by atoms with Crippen molar-refractivity contribution in [3.63, 3.8) is 0 Å². The number of amides is 1. The second-order valence-corrected chi connectivity index (χ2v) is 4.82. The van der Waals surface area contributed by atoms with Crippen molar-refractivity contribution in [3.8, 4) is 5.75 Å². The van der Waals surface area contributed by atoms with Gasteiger partial charge in [-0.15, -0.1) is 0 Å². The molecule has 0 bridgehead atoms. The highest BCUT2D eigenvalue weighted by molar-refractivity contribution is 5.75. The van der Waals surface area contributed by atoms with E-state index in [2.05, 4.69) is 5.32 Å². The molecule has 0 aliphatic heterocycles. The van der Waals surface area contributed by atoms with Crippen LogP contribution in [-0.4, -0.2) is 23.0 Å². The molecule has 0 fully saturated rings. The molecule has 1 aromatic rings.